The fourth-order valence-electron chi connectivity index (χ4n) is 4.88. The number of hydrogen-bond acceptors (Lipinski definition) is 7. The molecule has 11 heteroatoms. The van der Waals surface area contributed by atoms with Crippen molar-refractivity contribution in [2.24, 2.45) is 4.99 Å². The summed E-state index contributed by atoms with van der Waals surface area (Å²) in [6, 6.07) is 26.6. The Labute approximate surface area is 248 Å². The fraction of sp³-hybridized carbons (Fsp3) is 0.156. The van der Waals surface area contributed by atoms with E-state index in [2.05, 4.69) is 15.0 Å². The lowest BCUT2D eigenvalue weighted by Crippen LogP contribution is -2.51. The summed E-state index contributed by atoms with van der Waals surface area (Å²) >= 11 is 0. The molecule has 1 heterocycles. The number of nitrogens with one attached hydrogen (secondary N) is 2. The van der Waals surface area contributed by atoms with Crippen LogP contribution >= 0.6 is 0 Å². The number of sulfonamides is 1. The molecule has 0 saturated heterocycles. The number of rotatable bonds is 10. The van der Waals surface area contributed by atoms with Crippen LogP contribution in [0.15, 0.2) is 107 Å². The summed E-state index contributed by atoms with van der Waals surface area (Å²) in [5.74, 6) is -1.80. The molecule has 218 valence electrons. The minimum atomic E-state index is -4.27. The van der Waals surface area contributed by atoms with Gasteiger partial charge >= 0.3 is 0 Å². The molecule has 5 rings (SSSR count). The Morgan fingerprint density at radius 3 is 2.33 bits per heavy atom. The summed E-state index contributed by atoms with van der Waals surface area (Å²) in [7, 11) is -4.27. The highest BCUT2D eigenvalue weighted by molar-refractivity contribution is 7.89. The standard InChI is InChI=1S/C32H28N4O6S/c1-21(38)17-25(20-37)33-29(39)19-36-28-14-8-7-13-27(28)30(23-10-3-2-4-11-23)34-31(32(36)40)35-43(41,42)26-16-15-22-9-5-6-12-24(22)18-26/h2-16,18,20,25,31,35H,17,19H2,1H3,(H,33,39)/t25-,31?/m0/s1. The molecule has 43 heavy (non-hydrogen) atoms. The molecule has 0 radical (unpaired) electrons. The number of hydrogen-bond donors (Lipinski definition) is 2. The van der Waals surface area contributed by atoms with Gasteiger partial charge in [-0.05, 0) is 35.9 Å². The van der Waals surface area contributed by atoms with Gasteiger partial charge in [-0.3, -0.25) is 24.3 Å². The van der Waals surface area contributed by atoms with Crippen molar-refractivity contribution in [2.75, 3.05) is 11.4 Å². The Morgan fingerprint density at radius 2 is 1.60 bits per heavy atom. The highest BCUT2D eigenvalue weighted by Gasteiger charge is 2.36. The van der Waals surface area contributed by atoms with Crippen LogP contribution in [0.5, 0.6) is 0 Å². The van der Waals surface area contributed by atoms with E-state index in [0.29, 0.717) is 34.2 Å². The van der Waals surface area contributed by atoms with E-state index in [-0.39, 0.29) is 17.1 Å². The largest absolute Gasteiger partial charge is 0.345 e. The molecule has 0 fully saturated rings. The summed E-state index contributed by atoms with van der Waals surface area (Å²) in [5.41, 5.74) is 1.80. The second-order valence-electron chi connectivity index (χ2n) is 10.0. The molecule has 2 N–H and O–H groups in total. The molecule has 4 aromatic rings. The van der Waals surface area contributed by atoms with Crippen molar-refractivity contribution in [3.8, 4) is 0 Å². The van der Waals surface area contributed by atoms with Gasteiger partial charge in [-0.25, -0.2) is 8.42 Å². The van der Waals surface area contributed by atoms with E-state index in [0.717, 1.165) is 10.3 Å². The number of aliphatic imine (C=N–C) groups is 1. The number of Topliss-reactive ketones (excluding diaryl/α,β-unsaturated/α-hetero) is 1. The van der Waals surface area contributed by atoms with Gasteiger partial charge in [0.25, 0.3) is 5.91 Å². The molecule has 2 atom stereocenters. The van der Waals surface area contributed by atoms with Gasteiger partial charge in [0, 0.05) is 17.5 Å². The van der Waals surface area contributed by atoms with Crippen LogP contribution in [0.1, 0.15) is 24.5 Å². The first-order chi connectivity index (χ1) is 20.7. The van der Waals surface area contributed by atoms with E-state index >= 15 is 0 Å². The average Bonchev–Trinajstić information content (AvgIpc) is 3.11. The number of nitrogens with zero attached hydrogens (tertiary/aromatic N) is 2. The number of anilines is 1. The first-order valence-electron chi connectivity index (χ1n) is 13.5. The lowest BCUT2D eigenvalue weighted by molar-refractivity contribution is -0.126. The van der Waals surface area contributed by atoms with Gasteiger partial charge in [-0.15, -0.1) is 0 Å². The Balaban J connectivity index is 1.56. The van der Waals surface area contributed by atoms with Crippen LogP contribution in [0.2, 0.25) is 0 Å². The zero-order valence-electron chi connectivity index (χ0n) is 23.1. The molecule has 0 spiro atoms. The Morgan fingerprint density at radius 1 is 0.930 bits per heavy atom. The molecule has 4 aromatic carbocycles. The summed E-state index contributed by atoms with van der Waals surface area (Å²) < 4.78 is 29.7. The van der Waals surface area contributed by atoms with Crippen molar-refractivity contribution in [3.63, 3.8) is 0 Å². The normalized spacial score (nSPS) is 15.7. The SMILES string of the molecule is CC(=O)C[C@@H](C=O)NC(=O)CN1C(=O)C(NS(=O)(=O)c2ccc3ccccc3c2)N=C(c2ccccc2)c2ccccc21. The van der Waals surface area contributed by atoms with Gasteiger partial charge in [-0.2, -0.15) is 4.72 Å². The zero-order valence-corrected chi connectivity index (χ0v) is 24.0. The molecule has 0 saturated carbocycles. The Kier molecular flexibility index (Phi) is 8.56. The van der Waals surface area contributed by atoms with Crippen LogP contribution in [0, 0.1) is 0 Å². The number of carbonyl (C=O) groups excluding carboxylic acids is 4. The number of benzodiazepines with no additional fused rings is 1. The molecule has 1 aliphatic rings. The van der Waals surface area contributed by atoms with Crippen LogP contribution in [0.4, 0.5) is 5.69 Å². The Hall–Kier alpha value is -5.00. The summed E-state index contributed by atoms with van der Waals surface area (Å²) in [5, 5.41) is 4.02. The highest BCUT2D eigenvalue weighted by Crippen LogP contribution is 2.29. The van der Waals surface area contributed by atoms with E-state index in [1.165, 1.54) is 19.1 Å². The minimum Gasteiger partial charge on any atom is -0.345 e. The lowest BCUT2D eigenvalue weighted by Gasteiger charge is -2.25. The average molecular weight is 597 g/mol. The van der Waals surface area contributed by atoms with Gasteiger partial charge in [0.15, 0.2) is 6.17 Å². The molecule has 10 nitrogen and oxygen atoms in total. The number of carbonyl (C=O) groups is 4. The van der Waals surface area contributed by atoms with Crippen LogP contribution in [-0.4, -0.2) is 56.8 Å². The van der Waals surface area contributed by atoms with Crippen molar-refractivity contribution in [1.29, 1.82) is 0 Å². The number of fused-ring (bicyclic) bond motifs is 2. The molecule has 0 bridgehead atoms. The number of ketones is 1. The number of aldehydes is 1. The molecular formula is C32H28N4O6S. The first kappa shape index (κ1) is 29.5. The maximum atomic E-state index is 14.1. The molecule has 0 aliphatic carbocycles. The predicted molar refractivity (Wildman–Crippen MR) is 162 cm³/mol. The molecular weight excluding hydrogens is 568 g/mol. The van der Waals surface area contributed by atoms with Crippen LogP contribution in [-0.2, 0) is 29.2 Å². The van der Waals surface area contributed by atoms with E-state index in [9.17, 15) is 27.6 Å². The Bertz CT molecular complexity index is 1860. The summed E-state index contributed by atoms with van der Waals surface area (Å²) in [6.45, 7) is 0.746. The second-order valence-corrected chi connectivity index (χ2v) is 11.7. The second kappa shape index (κ2) is 12.5. The van der Waals surface area contributed by atoms with Crippen molar-refractivity contribution in [1.82, 2.24) is 10.0 Å². The predicted octanol–water partition coefficient (Wildman–Crippen LogP) is 2.99. The summed E-state index contributed by atoms with van der Waals surface area (Å²) in [4.78, 5) is 55.8. The smallest absolute Gasteiger partial charge is 0.268 e. The highest BCUT2D eigenvalue weighted by atomic mass is 32.2. The van der Waals surface area contributed by atoms with Crippen LogP contribution in [0.25, 0.3) is 10.8 Å². The number of amides is 2. The zero-order chi connectivity index (χ0) is 30.6. The summed E-state index contributed by atoms with van der Waals surface area (Å²) in [6.07, 6.45) is -1.38. The van der Waals surface area contributed by atoms with E-state index in [1.807, 2.05) is 18.2 Å². The van der Waals surface area contributed by atoms with Crippen molar-refractivity contribution in [2.45, 2.75) is 30.4 Å². The first-order valence-corrected chi connectivity index (χ1v) is 14.9. The van der Waals surface area contributed by atoms with E-state index < -0.39 is 40.6 Å². The maximum Gasteiger partial charge on any atom is 0.268 e. The molecule has 1 aliphatic heterocycles. The fourth-order valence-corrected chi connectivity index (χ4v) is 6.00. The number of benzene rings is 4. The number of para-hydroxylation sites is 1. The van der Waals surface area contributed by atoms with E-state index in [1.54, 1.807) is 66.7 Å². The van der Waals surface area contributed by atoms with Crippen molar-refractivity contribution < 1.29 is 27.6 Å². The monoisotopic (exact) mass is 596 g/mol. The maximum absolute atomic E-state index is 14.1. The van der Waals surface area contributed by atoms with Crippen molar-refractivity contribution >= 4 is 56.1 Å². The third kappa shape index (κ3) is 6.58. The van der Waals surface area contributed by atoms with Crippen LogP contribution in [0.3, 0.4) is 0 Å². The van der Waals surface area contributed by atoms with E-state index in [4.69, 9.17) is 0 Å². The third-order valence-corrected chi connectivity index (χ3v) is 8.28. The van der Waals surface area contributed by atoms with Gasteiger partial charge in [0.2, 0.25) is 15.9 Å². The quantitative estimate of drug-likeness (QED) is 0.270. The lowest BCUT2D eigenvalue weighted by atomic mass is 10.0. The minimum absolute atomic E-state index is 0.0560. The van der Waals surface area contributed by atoms with Crippen LogP contribution < -0.4 is 14.9 Å². The van der Waals surface area contributed by atoms with Gasteiger partial charge in [0.05, 0.1) is 22.3 Å². The van der Waals surface area contributed by atoms with Crippen molar-refractivity contribution in [3.05, 3.63) is 108 Å². The third-order valence-electron chi connectivity index (χ3n) is 6.87. The molecule has 2 amide bonds. The topological polar surface area (TPSA) is 142 Å². The molecule has 0 aromatic heterocycles. The van der Waals surface area contributed by atoms with Gasteiger partial charge in [-0.1, -0.05) is 78.9 Å². The van der Waals surface area contributed by atoms with Gasteiger partial charge in [0.1, 0.15) is 18.6 Å². The van der Waals surface area contributed by atoms with Gasteiger partial charge < -0.3 is 10.1 Å². The molecule has 1 unspecified atom stereocenters.